The zero-order chi connectivity index (χ0) is 40.5. The number of benzene rings is 4. The topological polar surface area (TPSA) is 111 Å². The molecule has 0 spiro atoms. The van der Waals surface area contributed by atoms with Crippen LogP contribution in [0.5, 0.6) is 57.5 Å². The summed E-state index contributed by atoms with van der Waals surface area (Å²) in [6, 6.07) is 19.6. The number of hydrogen-bond donors (Lipinski definition) is 0. The van der Waals surface area contributed by atoms with Crippen molar-refractivity contribution < 1.29 is 56.8 Å². The van der Waals surface area contributed by atoms with Gasteiger partial charge < -0.3 is 56.8 Å². The lowest BCUT2D eigenvalue weighted by Gasteiger charge is -2.29. The van der Waals surface area contributed by atoms with Gasteiger partial charge >= 0.3 is 0 Å². The van der Waals surface area contributed by atoms with Crippen molar-refractivity contribution in [2.24, 2.45) is 11.8 Å². The van der Waals surface area contributed by atoms with Gasteiger partial charge in [-0.2, -0.15) is 0 Å². The third-order valence-corrected chi connectivity index (χ3v) is 9.67. The lowest BCUT2D eigenvalue weighted by Crippen LogP contribution is -2.25. The van der Waals surface area contributed by atoms with E-state index in [0.717, 1.165) is 46.6 Å². The molecular weight excluding hydrogens is 720 g/mol. The Morgan fingerprint density at radius 3 is 1.11 bits per heavy atom. The normalized spacial score (nSPS) is 12.0. The maximum absolute atomic E-state index is 6.56. The van der Waals surface area contributed by atoms with Crippen LogP contribution in [-0.2, 0) is 35.5 Å². The maximum Gasteiger partial charge on any atom is 0.203 e. The van der Waals surface area contributed by atoms with E-state index in [-0.39, 0.29) is 11.8 Å². The minimum absolute atomic E-state index is 0.0343. The molecule has 0 saturated carbocycles. The first-order valence-corrected chi connectivity index (χ1v) is 18.4. The molecule has 0 heterocycles. The first kappa shape index (κ1) is 43.5. The lowest BCUT2D eigenvalue weighted by molar-refractivity contribution is 0.0578. The van der Waals surface area contributed by atoms with Gasteiger partial charge in [-0.1, -0.05) is 0 Å². The van der Waals surface area contributed by atoms with Crippen molar-refractivity contribution in [3.05, 3.63) is 82.9 Å². The van der Waals surface area contributed by atoms with Crippen molar-refractivity contribution in [3.8, 4) is 57.5 Å². The summed E-state index contributed by atoms with van der Waals surface area (Å²) in [6.07, 6.45) is 3.01. The average Bonchev–Trinajstić information content (AvgIpc) is 3.24. The molecule has 306 valence electrons. The van der Waals surface area contributed by atoms with Gasteiger partial charge in [-0.25, -0.2) is 0 Å². The molecule has 0 unspecified atom stereocenters. The lowest BCUT2D eigenvalue weighted by atomic mass is 9.80. The molecule has 56 heavy (non-hydrogen) atoms. The first-order valence-electron chi connectivity index (χ1n) is 18.4. The number of ether oxygens (including phenoxy) is 12. The van der Waals surface area contributed by atoms with Crippen molar-refractivity contribution in [2.45, 2.75) is 38.9 Å². The second kappa shape index (κ2) is 22.4. The third-order valence-electron chi connectivity index (χ3n) is 9.67. The molecule has 0 saturated heterocycles. The summed E-state index contributed by atoms with van der Waals surface area (Å²) in [4.78, 5) is 0. The van der Waals surface area contributed by atoms with Crippen LogP contribution in [0.3, 0.4) is 0 Å². The van der Waals surface area contributed by atoms with Crippen LogP contribution in [0.25, 0.3) is 0 Å². The van der Waals surface area contributed by atoms with Crippen LogP contribution < -0.4 is 47.4 Å². The number of methoxy groups -OCH3 is 10. The van der Waals surface area contributed by atoms with Gasteiger partial charge in [-0.15, -0.1) is 0 Å². The fraction of sp³-hybridized carbons (Fsp3) is 0.455. The molecule has 4 rings (SSSR count). The van der Waals surface area contributed by atoms with Crippen LogP contribution in [0.1, 0.15) is 35.1 Å². The summed E-state index contributed by atoms with van der Waals surface area (Å²) in [5.74, 6) is 6.46. The van der Waals surface area contributed by atoms with Gasteiger partial charge in [-0.3, -0.25) is 0 Å². The van der Waals surface area contributed by atoms with Crippen molar-refractivity contribution in [3.63, 3.8) is 0 Å². The van der Waals surface area contributed by atoms with E-state index < -0.39 is 0 Å². The highest BCUT2D eigenvalue weighted by molar-refractivity contribution is 5.55. The molecule has 12 nitrogen and oxygen atoms in total. The molecular formula is C44H58O12. The van der Waals surface area contributed by atoms with Crippen molar-refractivity contribution in [1.82, 2.24) is 0 Å². The Kier molecular flexibility index (Phi) is 17.4. The summed E-state index contributed by atoms with van der Waals surface area (Å²) in [6.45, 7) is 1.79. The molecule has 0 amide bonds. The molecule has 0 bridgehead atoms. The van der Waals surface area contributed by atoms with Gasteiger partial charge in [0.05, 0.1) is 90.9 Å². The highest BCUT2D eigenvalue weighted by atomic mass is 16.5. The van der Waals surface area contributed by atoms with Gasteiger partial charge in [0.15, 0.2) is 23.0 Å². The summed E-state index contributed by atoms with van der Waals surface area (Å²) < 4.78 is 69.0. The number of hydrogen-bond acceptors (Lipinski definition) is 12. The minimum atomic E-state index is 0.0343. The summed E-state index contributed by atoms with van der Waals surface area (Å²) >= 11 is 0. The van der Waals surface area contributed by atoms with E-state index in [1.807, 2.05) is 60.7 Å². The predicted molar refractivity (Wildman–Crippen MR) is 214 cm³/mol. The quantitative estimate of drug-likeness (QED) is 0.0608. The van der Waals surface area contributed by atoms with E-state index in [1.165, 1.54) is 0 Å². The van der Waals surface area contributed by atoms with Crippen LogP contribution in [0, 0.1) is 11.8 Å². The Morgan fingerprint density at radius 1 is 0.375 bits per heavy atom. The molecule has 0 aromatic heterocycles. The maximum atomic E-state index is 6.56. The van der Waals surface area contributed by atoms with Crippen molar-refractivity contribution in [1.29, 1.82) is 0 Å². The summed E-state index contributed by atoms with van der Waals surface area (Å²) in [5.41, 5.74) is 3.98. The Morgan fingerprint density at radius 2 is 0.750 bits per heavy atom. The molecule has 4 aromatic carbocycles. The molecule has 0 radical (unpaired) electrons. The predicted octanol–water partition coefficient (Wildman–Crippen LogP) is 8.00. The summed E-state index contributed by atoms with van der Waals surface area (Å²) in [5, 5.41) is 0. The van der Waals surface area contributed by atoms with Gasteiger partial charge in [0.1, 0.15) is 23.0 Å². The number of rotatable bonds is 25. The van der Waals surface area contributed by atoms with E-state index in [2.05, 4.69) is 0 Å². The minimum Gasteiger partial charge on any atom is -0.497 e. The molecule has 0 fully saturated rings. The van der Waals surface area contributed by atoms with Crippen LogP contribution in [-0.4, -0.2) is 84.3 Å². The van der Waals surface area contributed by atoms with Gasteiger partial charge in [0, 0.05) is 18.7 Å². The Bertz CT molecular complexity index is 1710. The third kappa shape index (κ3) is 11.9. The highest BCUT2D eigenvalue weighted by Gasteiger charge is 2.26. The fourth-order valence-corrected chi connectivity index (χ4v) is 6.84. The Hall–Kier alpha value is -5.20. The first-order chi connectivity index (χ1) is 27.3. The fourth-order valence-electron chi connectivity index (χ4n) is 6.84. The molecule has 0 aliphatic rings. The molecule has 4 aromatic rings. The Balaban J connectivity index is 1.67. The molecule has 0 aliphatic heterocycles. The molecule has 0 N–H and O–H groups in total. The van der Waals surface area contributed by atoms with Crippen LogP contribution in [0.2, 0.25) is 0 Å². The van der Waals surface area contributed by atoms with E-state index in [9.17, 15) is 0 Å². The average molecular weight is 779 g/mol. The zero-order valence-electron chi connectivity index (χ0n) is 34.5. The summed E-state index contributed by atoms with van der Waals surface area (Å²) in [7, 11) is 16.3. The molecule has 0 aliphatic carbocycles. The monoisotopic (exact) mass is 778 g/mol. The molecule has 2 atom stereocenters. The zero-order valence-corrected chi connectivity index (χ0v) is 34.5. The van der Waals surface area contributed by atoms with Crippen LogP contribution in [0.4, 0.5) is 0 Å². The Labute approximate surface area is 331 Å². The van der Waals surface area contributed by atoms with Crippen molar-refractivity contribution in [2.75, 3.05) is 84.3 Å². The second-order valence-corrected chi connectivity index (χ2v) is 13.1. The van der Waals surface area contributed by atoms with Gasteiger partial charge in [-0.05, 0) is 108 Å². The van der Waals surface area contributed by atoms with Crippen LogP contribution in [0.15, 0.2) is 60.7 Å². The van der Waals surface area contributed by atoms with Gasteiger partial charge in [0.2, 0.25) is 11.5 Å². The van der Waals surface area contributed by atoms with E-state index in [4.69, 9.17) is 56.8 Å². The van der Waals surface area contributed by atoms with E-state index >= 15 is 0 Å². The van der Waals surface area contributed by atoms with Crippen molar-refractivity contribution >= 4 is 0 Å². The second-order valence-electron chi connectivity index (χ2n) is 13.1. The smallest absolute Gasteiger partial charge is 0.203 e. The SMILES string of the molecule is COc1cc(COCCC[C@@H](Cc2cc(OC)c(OC)c(OC)c2)[C@@H](COCc2cc(OC)cc(OC)c2)Cc2cc(OC)c(OC)c(OC)c2)cc(OC)c1. The highest BCUT2D eigenvalue weighted by Crippen LogP contribution is 2.42. The largest absolute Gasteiger partial charge is 0.497 e. The van der Waals surface area contributed by atoms with E-state index in [0.29, 0.717) is 85.3 Å². The molecule has 12 heteroatoms. The van der Waals surface area contributed by atoms with E-state index in [1.54, 1.807) is 71.1 Å². The van der Waals surface area contributed by atoms with Gasteiger partial charge in [0.25, 0.3) is 0 Å². The standard InChI is InChI=1S/C44H58O12/c1-45-35-16-31(17-36(24-35)46-2)26-55-13-11-12-33(14-29-20-39(49-5)43(53-9)40(21-29)50-6)34(15-30-22-41(51-7)44(54-10)42(23-30)52-8)28-56-27-32-18-37(47-3)25-38(19-32)48-4/h16-25,33-34H,11-15,26-28H2,1-10H3/t33-,34+/m0/s1. The van der Waals surface area contributed by atoms with Crippen LogP contribution >= 0.6 is 0 Å².